The lowest BCUT2D eigenvalue weighted by Gasteiger charge is -1.89. The van der Waals surface area contributed by atoms with Crippen LogP contribution in [-0.4, -0.2) is 20.3 Å². The number of hydrogen-bond donors (Lipinski definition) is 1. The second kappa shape index (κ2) is 5.06. The maximum Gasteiger partial charge on any atom is 0.0492 e. The smallest absolute Gasteiger partial charge is 0.0492 e. The Balaban J connectivity index is 0.000000222. The second-order valence-electron chi connectivity index (χ2n) is 1.97. The summed E-state index contributed by atoms with van der Waals surface area (Å²) in [6.45, 7) is 4.19. The molecule has 0 aromatic heterocycles. The van der Waals surface area contributed by atoms with E-state index in [-0.39, 0.29) is 0 Å². The molecule has 0 aliphatic carbocycles. The molecule has 8 heavy (non-hydrogen) atoms. The van der Waals surface area contributed by atoms with Crippen LogP contribution in [0, 0.1) is 5.92 Å². The summed E-state index contributed by atoms with van der Waals surface area (Å²) in [5, 5.41) is 0. The average Bonchev–Trinajstić information content (AvgIpc) is 2.24. The van der Waals surface area contributed by atoms with Crippen molar-refractivity contribution in [3.8, 4) is 0 Å². The summed E-state index contributed by atoms with van der Waals surface area (Å²) >= 11 is 0. The highest BCUT2D eigenvalue weighted by molar-refractivity contribution is 4.55. The van der Waals surface area contributed by atoms with Crippen molar-refractivity contribution in [1.29, 1.82) is 0 Å². The molecule has 0 aromatic rings. The SMILES string of the molecule is CC1CCOC1.CN. The van der Waals surface area contributed by atoms with E-state index < -0.39 is 0 Å². The monoisotopic (exact) mass is 117 g/mol. The Morgan fingerprint density at radius 3 is 2.25 bits per heavy atom. The van der Waals surface area contributed by atoms with Crippen LogP contribution < -0.4 is 5.73 Å². The normalized spacial score (nSPS) is 26.6. The highest BCUT2D eigenvalue weighted by Crippen LogP contribution is 2.09. The van der Waals surface area contributed by atoms with Crippen LogP contribution in [-0.2, 0) is 4.74 Å². The summed E-state index contributed by atoms with van der Waals surface area (Å²) in [7, 11) is 1.50. The Morgan fingerprint density at radius 1 is 1.50 bits per heavy atom. The molecular weight excluding hydrogens is 102 g/mol. The third-order valence-electron chi connectivity index (χ3n) is 1.16. The molecule has 1 unspecified atom stereocenters. The van der Waals surface area contributed by atoms with Gasteiger partial charge in [-0.1, -0.05) is 6.92 Å². The van der Waals surface area contributed by atoms with Crippen LogP contribution in [0.3, 0.4) is 0 Å². The number of ether oxygens (including phenoxy) is 1. The lowest BCUT2D eigenvalue weighted by atomic mass is 10.2. The van der Waals surface area contributed by atoms with E-state index in [9.17, 15) is 0 Å². The van der Waals surface area contributed by atoms with E-state index in [0.29, 0.717) is 0 Å². The van der Waals surface area contributed by atoms with Gasteiger partial charge in [0.25, 0.3) is 0 Å². The maximum atomic E-state index is 5.06. The first kappa shape index (κ1) is 7.92. The van der Waals surface area contributed by atoms with E-state index >= 15 is 0 Å². The summed E-state index contributed by atoms with van der Waals surface area (Å²) in [4.78, 5) is 0. The van der Waals surface area contributed by atoms with Gasteiger partial charge in [0.15, 0.2) is 0 Å². The van der Waals surface area contributed by atoms with Crippen molar-refractivity contribution in [2.45, 2.75) is 13.3 Å². The average molecular weight is 117 g/mol. The Hall–Kier alpha value is -0.0800. The van der Waals surface area contributed by atoms with E-state index in [1.807, 2.05) is 0 Å². The standard InChI is InChI=1S/C5H10O.CH5N/c1-5-2-3-6-4-5;1-2/h5H,2-4H2,1H3;2H2,1H3. The Bertz CT molecular complexity index is 41.8. The van der Waals surface area contributed by atoms with Gasteiger partial charge in [-0.2, -0.15) is 0 Å². The van der Waals surface area contributed by atoms with Gasteiger partial charge in [-0.25, -0.2) is 0 Å². The van der Waals surface area contributed by atoms with Gasteiger partial charge in [-0.3, -0.25) is 0 Å². The molecule has 2 N–H and O–H groups in total. The van der Waals surface area contributed by atoms with Crippen molar-refractivity contribution in [1.82, 2.24) is 0 Å². The van der Waals surface area contributed by atoms with E-state index in [2.05, 4.69) is 12.7 Å². The molecule has 0 aromatic carbocycles. The molecule has 1 atom stereocenters. The number of nitrogens with two attached hydrogens (primary N) is 1. The highest BCUT2D eigenvalue weighted by Gasteiger charge is 2.07. The zero-order valence-electron chi connectivity index (χ0n) is 5.68. The second-order valence-corrected chi connectivity index (χ2v) is 1.97. The van der Waals surface area contributed by atoms with E-state index in [4.69, 9.17) is 4.74 Å². The molecule has 1 saturated heterocycles. The molecule has 0 spiro atoms. The van der Waals surface area contributed by atoms with Crippen LogP contribution in [0.5, 0.6) is 0 Å². The van der Waals surface area contributed by atoms with E-state index in [1.54, 1.807) is 0 Å². The zero-order valence-corrected chi connectivity index (χ0v) is 5.68. The van der Waals surface area contributed by atoms with Gasteiger partial charge in [-0.15, -0.1) is 0 Å². The highest BCUT2D eigenvalue weighted by atomic mass is 16.5. The molecule has 1 aliphatic rings. The van der Waals surface area contributed by atoms with Crippen LogP contribution >= 0.6 is 0 Å². The molecule has 2 heteroatoms. The Kier molecular flexibility index (Phi) is 5.01. The van der Waals surface area contributed by atoms with Crippen LogP contribution in [0.2, 0.25) is 0 Å². The van der Waals surface area contributed by atoms with Crippen LogP contribution in [0.4, 0.5) is 0 Å². The molecule has 0 radical (unpaired) electrons. The first-order chi connectivity index (χ1) is 3.89. The molecule has 0 bridgehead atoms. The van der Waals surface area contributed by atoms with Crippen LogP contribution in [0.1, 0.15) is 13.3 Å². The van der Waals surface area contributed by atoms with Gasteiger partial charge in [0.2, 0.25) is 0 Å². The number of hydrogen-bond acceptors (Lipinski definition) is 2. The largest absolute Gasteiger partial charge is 0.381 e. The van der Waals surface area contributed by atoms with E-state index in [1.165, 1.54) is 13.5 Å². The minimum atomic E-state index is 0.824. The van der Waals surface area contributed by atoms with Crippen molar-refractivity contribution < 1.29 is 4.74 Å². The molecule has 2 nitrogen and oxygen atoms in total. The molecule has 1 aliphatic heterocycles. The predicted molar refractivity (Wildman–Crippen MR) is 34.7 cm³/mol. The molecular formula is C6H15NO. The lowest BCUT2D eigenvalue weighted by Crippen LogP contribution is -1.88. The Labute approximate surface area is 51.0 Å². The summed E-state index contributed by atoms with van der Waals surface area (Å²) in [6, 6.07) is 0. The van der Waals surface area contributed by atoms with Gasteiger partial charge in [-0.05, 0) is 19.4 Å². The fourth-order valence-corrected chi connectivity index (χ4v) is 0.652. The third kappa shape index (κ3) is 2.99. The summed E-state index contributed by atoms with van der Waals surface area (Å²) in [5.74, 6) is 0.824. The van der Waals surface area contributed by atoms with Crippen molar-refractivity contribution in [3.63, 3.8) is 0 Å². The van der Waals surface area contributed by atoms with Gasteiger partial charge in [0.1, 0.15) is 0 Å². The van der Waals surface area contributed by atoms with Gasteiger partial charge in [0, 0.05) is 13.2 Å². The predicted octanol–water partition coefficient (Wildman–Crippen LogP) is 0.618. The maximum absolute atomic E-state index is 5.06. The minimum absolute atomic E-state index is 0.824. The Morgan fingerprint density at radius 2 is 2.12 bits per heavy atom. The molecule has 1 fully saturated rings. The molecule has 0 saturated carbocycles. The van der Waals surface area contributed by atoms with Gasteiger partial charge in [0.05, 0.1) is 0 Å². The van der Waals surface area contributed by atoms with Crippen molar-refractivity contribution in [3.05, 3.63) is 0 Å². The third-order valence-corrected chi connectivity index (χ3v) is 1.16. The fraction of sp³-hybridized carbons (Fsp3) is 1.00. The lowest BCUT2D eigenvalue weighted by molar-refractivity contribution is 0.188. The molecule has 50 valence electrons. The first-order valence-corrected chi connectivity index (χ1v) is 3.05. The summed E-state index contributed by atoms with van der Waals surface area (Å²) < 4.78 is 5.06. The molecule has 1 rings (SSSR count). The van der Waals surface area contributed by atoms with Gasteiger partial charge < -0.3 is 10.5 Å². The van der Waals surface area contributed by atoms with Crippen LogP contribution in [0.25, 0.3) is 0 Å². The van der Waals surface area contributed by atoms with Crippen molar-refractivity contribution >= 4 is 0 Å². The molecule has 1 heterocycles. The van der Waals surface area contributed by atoms with Crippen LogP contribution in [0.15, 0.2) is 0 Å². The topological polar surface area (TPSA) is 35.2 Å². The minimum Gasteiger partial charge on any atom is -0.381 e. The first-order valence-electron chi connectivity index (χ1n) is 3.05. The van der Waals surface area contributed by atoms with E-state index in [0.717, 1.165) is 19.1 Å². The van der Waals surface area contributed by atoms with Crippen molar-refractivity contribution in [2.75, 3.05) is 20.3 Å². The van der Waals surface area contributed by atoms with Crippen molar-refractivity contribution in [2.24, 2.45) is 11.7 Å². The fourth-order valence-electron chi connectivity index (χ4n) is 0.652. The zero-order chi connectivity index (χ0) is 6.41. The summed E-state index contributed by atoms with van der Waals surface area (Å²) in [5.41, 5.74) is 4.50. The summed E-state index contributed by atoms with van der Waals surface area (Å²) in [6.07, 6.45) is 1.26. The quantitative estimate of drug-likeness (QED) is 0.504. The molecule has 0 amide bonds. The number of rotatable bonds is 0. The van der Waals surface area contributed by atoms with Gasteiger partial charge >= 0.3 is 0 Å².